The number of carbonyl (C=O) groups is 2. The third kappa shape index (κ3) is 5.12. The molecule has 1 N–H and O–H groups in total. The van der Waals surface area contributed by atoms with Gasteiger partial charge in [-0.2, -0.15) is 0 Å². The van der Waals surface area contributed by atoms with E-state index in [9.17, 15) is 18.0 Å². The van der Waals surface area contributed by atoms with E-state index in [1.807, 2.05) is 20.8 Å². The van der Waals surface area contributed by atoms with Crippen molar-refractivity contribution in [3.05, 3.63) is 89.5 Å². The number of para-hydroxylation sites is 2. The molecular weight excluding hydrogens is 450 g/mol. The fourth-order valence-electron chi connectivity index (χ4n) is 3.59. The summed E-state index contributed by atoms with van der Waals surface area (Å²) in [5.41, 5.74) is 2.08. The maximum atomic E-state index is 13.3. The first-order valence-electron chi connectivity index (χ1n) is 11.0. The Hall–Kier alpha value is -3.65. The van der Waals surface area contributed by atoms with E-state index in [0.717, 1.165) is 9.87 Å². The van der Waals surface area contributed by atoms with E-state index in [2.05, 4.69) is 5.32 Å². The number of nitrogens with zero attached hydrogens (tertiary/aromatic N) is 2. The van der Waals surface area contributed by atoms with Crippen LogP contribution >= 0.6 is 0 Å². The lowest BCUT2D eigenvalue weighted by atomic mass is 10.1. The Balaban J connectivity index is 1.95. The first kappa shape index (κ1) is 25.0. The van der Waals surface area contributed by atoms with E-state index in [1.54, 1.807) is 77.7 Å². The van der Waals surface area contributed by atoms with Crippen LogP contribution in [-0.2, 0) is 10.0 Å². The lowest BCUT2D eigenvalue weighted by Gasteiger charge is -2.23. The first-order chi connectivity index (χ1) is 16.2. The van der Waals surface area contributed by atoms with Gasteiger partial charge in [0, 0.05) is 20.1 Å². The molecule has 0 aliphatic carbocycles. The molecule has 0 aromatic heterocycles. The molecule has 0 aliphatic rings. The normalized spacial score (nSPS) is 11.1. The Kier molecular flexibility index (Phi) is 7.73. The fraction of sp³-hybridized carbons (Fsp3) is 0.231. The lowest BCUT2D eigenvalue weighted by Crippen LogP contribution is -2.31. The summed E-state index contributed by atoms with van der Waals surface area (Å²) < 4.78 is 27.5. The van der Waals surface area contributed by atoms with Crippen LogP contribution in [0.4, 0.5) is 11.4 Å². The van der Waals surface area contributed by atoms with Crippen LogP contribution in [0, 0.1) is 6.92 Å². The van der Waals surface area contributed by atoms with E-state index in [-0.39, 0.29) is 22.1 Å². The van der Waals surface area contributed by atoms with Gasteiger partial charge in [0.15, 0.2) is 0 Å². The van der Waals surface area contributed by atoms with Crippen LogP contribution in [0.5, 0.6) is 0 Å². The zero-order chi connectivity index (χ0) is 24.9. The van der Waals surface area contributed by atoms with E-state index < -0.39 is 15.9 Å². The van der Waals surface area contributed by atoms with E-state index >= 15 is 0 Å². The minimum absolute atomic E-state index is 0.131. The summed E-state index contributed by atoms with van der Waals surface area (Å²) in [6.45, 7) is 6.75. The van der Waals surface area contributed by atoms with Crippen molar-refractivity contribution < 1.29 is 18.0 Å². The van der Waals surface area contributed by atoms with Gasteiger partial charge >= 0.3 is 0 Å². The third-order valence-electron chi connectivity index (χ3n) is 5.62. The van der Waals surface area contributed by atoms with Gasteiger partial charge in [0.25, 0.3) is 21.8 Å². The molecule has 0 fully saturated rings. The molecule has 3 rings (SSSR count). The largest absolute Gasteiger partial charge is 0.339 e. The maximum Gasteiger partial charge on any atom is 0.264 e. The topological polar surface area (TPSA) is 86.8 Å². The summed E-state index contributed by atoms with van der Waals surface area (Å²) in [5, 5.41) is 2.80. The molecular formula is C26H29N3O4S. The summed E-state index contributed by atoms with van der Waals surface area (Å²) >= 11 is 0. The minimum atomic E-state index is -3.88. The van der Waals surface area contributed by atoms with E-state index in [4.69, 9.17) is 0 Å². The van der Waals surface area contributed by atoms with Crippen LogP contribution in [0.1, 0.15) is 40.1 Å². The fourth-order valence-corrected chi connectivity index (χ4v) is 4.80. The number of hydrogen-bond acceptors (Lipinski definition) is 4. The molecule has 3 aromatic rings. The summed E-state index contributed by atoms with van der Waals surface area (Å²) in [6, 6.07) is 19.8. The Morgan fingerprint density at radius 1 is 0.824 bits per heavy atom. The van der Waals surface area contributed by atoms with Gasteiger partial charge < -0.3 is 10.2 Å². The van der Waals surface area contributed by atoms with E-state index in [0.29, 0.717) is 24.3 Å². The number of rotatable bonds is 8. The van der Waals surface area contributed by atoms with Crippen molar-refractivity contribution >= 4 is 33.2 Å². The average molecular weight is 480 g/mol. The highest BCUT2D eigenvalue weighted by Gasteiger charge is 2.26. The summed E-state index contributed by atoms with van der Waals surface area (Å²) in [4.78, 5) is 28.0. The van der Waals surface area contributed by atoms with Crippen molar-refractivity contribution in [2.45, 2.75) is 25.7 Å². The van der Waals surface area contributed by atoms with E-state index in [1.165, 1.54) is 7.05 Å². The predicted molar refractivity (Wildman–Crippen MR) is 135 cm³/mol. The average Bonchev–Trinajstić information content (AvgIpc) is 2.84. The number of aryl methyl sites for hydroxylation is 1. The molecule has 0 spiro atoms. The molecule has 0 radical (unpaired) electrons. The zero-order valence-corrected chi connectivity index (χ0v) is 20.6. The van der Waals surface area contributed by atoms with Gasteiger partial charge in [-0.25, -0.2) is 8.42 Å². The van der Waals surface area contributed by atoms with Gasteiger partial charge in [0.2, 0.25) is 0 Å². The third-order valence-corrected chi connectivity index (χ3v) is 7.41. The highest BCUT2D eigenvalue weighted by atomic mass is 32.2. The number of carbonyl (C=O) groups excluding carboxylic acids is 2. The predicted octanol–water partition coefficient (Wildman–Crippen LogP) is 4.55. The Labute approximate surface area is 201 Å². The smallest absolute Gasteiger partial charge is 0.264 e. The molecule has 0 aliphatic heterocycles. The van der Waals surface area contributed by atoms with Gasteiger partial charge in [0.1, 0.15) is 0 Å². The van der Waals surface area contributed by atoms with Gasteiger partial charge in [-0.3, -0.25) is 13.9 Å². The zero-order valence-electron chi connectivity index (χ0n) is 19.8. The molecule has 7 nitrogen and oxygen atoms in total. The lowest BCUT2D eigenvalue weighted by molar-refractivity contribution is 0.0774. The molecule has 3 aromatic carbocycles. The number of benzene rings is 3. The number of sulfonamides is 1. The summed E-state index contributed by atoms with van der Waals surface area (Å²) in [5.74, 6) is -0.699. The maximum absolute atomic E-state index is 13.3. The Morgan fingerprint density at radius 2 is 1.38 bits per heavy atom. The molecule has 0 bridgehead atoms. The highest BCUT2D eigenvalue weighted by molar-refractivity contribution is 7.92. The molecule has 2 amide bonds. The molecule has 0 saturated heterocycles. The van der Waals surface area contributed by atoms with Gasteiger partial charge in [-0.05, 0) is 57.2 Å². The Bertz CT molecular complexity index is 1280. The SMILES string of the molecule is CCN(CC)C(=O)c1ccccc1NC(=O)c1ccccc1N(C)S(=O)(=O)c1ccc(C)cc1. The summed E-state index contributed by atoms with van der Waals surface area (Å²) in [7, 11) is -2.47. The van der Waals surface area contributed by atoms with Crippen LogP contribution in [-0.4, -0.2) is 45.3 Å². The van der Waals surface area contributed by atoms with Crippen molar-refractivity contribution in [1.82, 2.24) is 4.90 Å². The van der Waals surface area contributed by atoms with Crippen LogP contribution in [0.2, 0.25) is 0 Å². The van der Waals surface area contributed by atoms with Gasteiger partial charge in [-0.15, -0.1) is 0 Å². The second-order valence-electron chi connectivity index (χ2n) is 7.78. The number of anilines is 2. The molecule has 0 unspecified atom stereocenters. The standard InChI is InChI=1S/C26H29N3O4S/c1-5-29(6-2)26(31)21-11-7-9-13-23(21)27-25(30)22-12-8-10-14-24(22)28(4)34(32,33)20-17-15-19(3)16-18-20/h7-18H,5-6H2,1-4H3,(H,27,30). The van der Waals surface area contributed by atoms with Crippen LogP contribution in [0.25, 0.3) is 0 Å². The van der Waals surface area contributed by atoms with Gasteiger partial charge in [-0.1, -0.05) is 42.0 Å². The quantitative estimate of drug-likeness (QED) is 0.513. The minimum Gasteiger partial charge on any atom is -0.339 e. The van der Waals surface area contributed by atoms with Crippen LogP contribution in [0.3, 0.4) is 0 Å². The Morgan fingerprint density at radius 3 is 2.00 bits per heavy atom. The van der Waals surface area contributed by atoms with Crippen molar-refractivity contribution in [2.75, 3.05) is 29.8 Å². The molecule has 0 saturated carbocycles. The van der Waals surface area contributed by atoms with Crippen molar-refractivity contribution in [1.29, 1.82) is 0 Å². The monoisotopic (exact) mass is 479 g/mol. The first-order valence-corrected chi connectivity index (χ1v) is 12.5. The highest BCUT2D eigenvalue weighted by Crippen LogP contribution is 2.27. The molecule has 8 heteroatoms. The van der Waals surface area contributed by atoms with Crippen LogP contribution < -0.4 is 9.62 Å². The van der Waals surface area contributed by atoms with Crippen molar-refractivity contribution in [3.8, 4) is 0 Å². The molecule has 0 heterocycles. The second kappa shape index (κ2) is 10.5. The summed E-state index contributed by atoms with van der Waals surface area (Å²) in [6.07, 6.45) is 0. The number of hydrogen-bond donors (Lipinski definition) is 1. The van der Waals surface area contributed by atoms with Crippen molar-refractivity contribution in [2.24, 2.45) is 0 Å². The molecule has 178 valence electrons. The van der Waals surface area contributed by atoms with Crippen molar-refractivity contribution in [3.63, 3.8) is 0 Å². The van der Waals surface area contributed by atoms with Crippen LogP contribution in [0.15, 0.2) is 77.7 Å². The molecule has 34 heavy (non-hydrogen) atoms. The molecule has 0 atom stereocenters. The number of nitrogens with one attached hydrogen (secondary N) is 1. The second-order valence-corrected chi connectivity index (χ2v) is 9.75. The van der Waals surface area contributed by atoms with Gasteiger partial charge in [0.05, 0.1) is 27.4 Å². The number of amides is 2.